The second-order valence-electron chi connectivity index (χ2n) is 3.82. The minimum absolute atomic E-state index is 0.409. The average Bonchev–Trinajstić information content (AvgIpc) is 2.34. The number of rotatable bonds is 8. The standard InChI is InChI=1S/C13H20N2O2/c1-2-7-15-8-9-17-10-11-5-3-4-6-12(11)13(14)16/h3-6,15H,2,7-10H2,1H3,(H2,14,16). The fourth-order valence-electron chi connectivity index (χ4n) is 1.51. The summed E-state index contributed by atoms with van der Waals surface area (Å²) in [5.41, 5.74) is 6.66. The van der Waals surface area contributed by atoms with E-state index in [1.54, 1.807) is 12.1 Å². The molecule has 0 bridgehead atoms. The molecule has 17 heavy (non-hydrogen) atoms. The van der Waals surface area contributed by atoms with E-state index in [0.29, 0.717) is 18.8 Å². The molecule has 0 saturated carbocycles. The average molecular weight is 236 g/mol. The van der Waals surface area contributed by atoms with Gasteiger partial charge in [-0.25, -0.2) is 0 Å². The van der Waals surface area contributed by atoms with Crippen molar-refractivity contribution in [1.82, 2.24) is 5.32 Å². The molecule has 3 N–H and O–H groups in total. The molecule has 0 fully saturated rings. The lowest BCUT2D eigenvalue weighted by Crippen LogP contribution is -2.20. The number of hydrogen-bond donors (Lipinski definition) is 2. The molecule has 0 aromatic heterocycles. The number of carbonyl (C=O) groups is 1. The zero-order chi connectivity index (χ0) is 12.5. The van der Waals surface area contributed by atoms with Crippen LogP contribution in [0.1, 0.15) is 29.3 Å². The molecular weight excluding hydrogens is 216 g/mol. The van der Waals surface area contributed by atoms with E-state index >= 15 is 0 Å². The van der Waals surface area contributed by atoms with Gasteiger partial charge in [-0.05, 0) is 24.6 Å². The van der Waals surface area contributed by atoms with E-state index in [1.807, 2.05) is 12.1 Å². The second kappa shape index (κ2) is 7.81. The summed E-state index contributed by atoms with van der Waals surface area (Å²) in [6.07, 6.45) is 1.12. The molecule has 94 valence electrons. The van der Waals surface area contributed by atoms with Crippen LogP contribution in [0.15, 0.2) is 24.3 Å². The van der Waals surface area contributed by atoms with Gasteiger partial charge in [0.05, 0.1) is 13.2 Å². The van der Waals surface area contributed by atoms with E-state index < -0.39 is 5.91 Å². The van der Waals surface area contributed by atoms with Crippen molar-refractivity contribution in [2.45, 2.75) is 20.0 Å². The minimum Gasteiger partial charge on any atom is -0.375 e. The number of primary amides is 1. The van der Waals surface area contributed by atoms with E-state index in [2.05, 4.69) is 12.2 Å². The molecule has 0 atom stereocenters. The number of nitrogens with two attached hydrogens (primary N) is 1. The third kappa shape index (κ3) is 4.97. The van der Waals surface area contributed by atoms with Crippen LogP contribution in [0.4, 0.5) is 0 Å². The van der Waals surface area contributed by atoms with Crippen LogP contribution in [0.3, 0.4) is 0 Å². The maximum Gasteiger partial charge on any atom is 0.249 e. The summed E-state index contributed by atoms with van der Waals surface area (Å²) in [6.45, 7) is 5.00. The Morgan fingerprint density at radius 3 is 2.82 bits per heavy atom. The Hall–Kier alpha value is -1.39. The van der Waals surface area contributed by atoms with Gasteiger partial charge in [-0.1, -0.05) is 25.1 Å². The Bertz CT molecular complexity index is 353. The molecule has 0 aliphatic rings. The summed E-state index contributed by atoms with van der Waals surface area (Å²) in [5, 5.41) is 3.24. The first-order chi connectivity index (χ1) is 8.25. The number of amides is 1. The molecule has 1 amide bonds. The van der Waals surface area contributed by atoms with Gasteiger partial charge in [0.2, 0.25) is 5.91 Å². The lowest BCUT2D eigenvalue weighted by atomic mass is 10.1. The first kappa shape index (κ1) is 13.7. The summed E-state index contributed by atoms with van der Waals surface area (Å²) in [4.78, 5) is 11.2. The highest BCUT2D eigenvalue weighted by Crippen LogP contribution is 2.08. The van der Waals surface area contributed by atoms with Gasteiger partial charge >= 0.3 is 0 Å². The summed E-state index contributed by atoms with van der Waals surface area (Å²) < 4.78 is 5.49. The third-order valence-electron chi connectivity index (χ3n) is 2.39. The predicted molar refractivity (Wildman–Crippen MR) is 67.8 cm³/mol. The fraction of sp³-hybridized carbons (Fsp3) is 0.462. The molecule has 0 heterocycles. The summed E-state index contributed by atoms with van der Waals surface area (Å²) in [6, 6.07) is 7.25. The van der Waals surface area contributed by atoms with Crippen LogP contribution in [0.25, 0.3) is 0 Å². The largest absolute Gasteiger partial charge is 0.375 e. The highest BCUT2D eigenvalue weighted by molar-refractivity contribution is 5.94. The third-order valence-corrected chi connectivity index (χ3v) is 2.39. The molecule has 4 nitrogen and oxygen atoms in total. The lowest BCUT2D eigenvalue weighted by molar-refractivity contribution is 0.0985. The maximum atomic E-state index is 11.2. The molecular formula is C13H20N2O2. The zero-order valence-electron chi connectivity index (χ0n) is 10.2. The van der Waals surface area contributed by atoms with Crippen LogP contribution in [0.2, 0.25) is 0 Å². The minimum atomic E-state index is -0.409. The van der Waals surface area contributed by atoms with Gasteiger partial charge in [0.15, 0.2) is 0 Å². The highest BCUT2D eigenvalue weighted by atomic mass is 16.5. The van der Waals surface area contributed by atoms with Crippen molar-refractivity contribution >= 4 is 5.91 Å². The molecule has 0 unspecified atom stereocenters. The highest BCUT2D eigenvalue weighted by Gasteiger charge is 2.06. The van der Waals surface area contributed by atoms with Crippen LogP contribution >= 0.6 is 0 Å². The monoisotopic (exact) mass is 236 g/mol. The Morgan fingerprint density at radius 1 is 1.35 bits per heavy atom. The van der Waals surface area contributed by atoms with Crippen molar-refractivity contribution in [2.24, 2.45) is 5.73 Å². The summed E-state index contributed by atoms with van der Waals surface area (Å²) in [7, 11) is 0. The second-order valence-corrected chi connectivity index (χ2v) is 3.82. The first-order valence-corrected chi connectivity index (χ1v) is 5.92. The van der Waals surface area contributed by atoms with Crippen LogP contribution < -0.4 is 11.1 Å². The Balaban J connectivity index is 2.34. The van der Waals surface area contributed by atoms with Crippen LogP contribution in [0, 0.1) is 0 Å². The summed E-state index contributed by atoms with van der Waals surface area (Å²) in [5.74, 6) is -0.409. The lowest BCUT2D eigenvalue weighted by Gasteiger charge is -2.08. The van der Waals surface area contributed by atoms with Crippen LogP contribution in [0.5, 0.6) is 0 Å². The van der Waals surface area contributed by atoms with Gasteiger partial charge < -0.3 is 15.8 Å². The van der Waals surface area contributed by atoms with Crippen molar-refractivity contribution < 1.29 is 9.53 Å². The number of nitrogens with one attached hydrogen (secondary N) is 1. The molecule has 1 aromatic carbocycles. The van der Waals surface area contributed by atoms with Crippen molar-refractivity contribution in [3.8, 4) is 0 Å². The van der Waals surface area contributed by atoms with Gasteiger partial charge in [0, 0.05) is 12.1 Å². The van der Waals surface area contributed by atoms with E-state index in [0.717, 1.165) is 25.1 Å². The molecule has 0 saturated heterocycles. The van der Waals surface area contributed by atoms with E-state index in [9.17, 15) is 4.79 Å². The van der Waals surface area contributed by atoms with E-state index in [1.165, 1.54) is 0 Å². The number of carbonyl (C=O) groups excluding carboxylic acids is 1. The van der Waals surface area contributed by atoms with Gasteiger partial charge in [-0.2, -0.15) is 0 Å². The predicted octanol–water partition coefficient (Wildman–Crippen LogP) is 1.30. The Kier molecular flexibility index (Phi) is 6.29. The van der Waals surface area contributed by atoms with E-state index in [4.69, 9.17) is 10.5 Å². The summed E-state index contributed by atoms with van der Waals surface area (Å²) >= 11 is 0. The van der Waals surface area contributed by atoms with Gasteiger partial charge in [0.25, 0.3) is 0 Å². The van der Waals surface area contributed by atoms with E-state index in [-0.39, 0.29) is 0 Å². The molecule has 1 aromatic rings. The van der Waals surface area contributed by atoms with Crippen LogP contribution in [-0.4, -0.2) is 25.6 Å². The SMILES string of the molecule is CCCNCCOCc1ccccc1C(N)=O. The molecule has 0 spiro atoms. The molecule has 4 heteroatoms. The molecule has 0 radical (unpaired) electrons. The van der Waals surface area contributed by atoms with Crippen molar-refractivity contribution in [2.75, 3.05) is 19.7 Å². The molecule has 1 rings (SSSR count). The Labute approximate surface area is 102 Å². The smallest absolute Gasteiger partial charge is 0.249 e. The number of benzene rings is 1. The van der Waals surface area contributed by atoms with Gasteiger partial charge in [-0.3, -0.25) is 4.79 Å². The van der Waals surface area contributed by atoms with Crippen molar-refractivity contribution in [3.63, 3.8) is 0 Å². The number of hydrogen-bond acceptors (Lipinski definition) is 3. The van der Waals surface area contributed by atoms with Crippen molar-refractivity contribution in [1.29, 1.82) is 0 Å². The first-order valence-electron chi connectivity index (χ1n) is 5.92. The Morgan fingerprint density at radius 2 is 2.12 bits per heavy atom. The molecule has 0 aliphatic heterocycles. The van der Waals surface area contributed by atoms with Crippen LogP contribution in [-0.2, 0) is 11.3 Å². The van der Waals surface area contributed by atoms with Crippen molar-refractivity contribution in [3.05, 3.63) is 35.4 Å². The van der Waals surface area contributed by atoms with Gasteiger partial charge in [0.1, 0.15) is 0 Å². The quantitative estimate of drug-likeness (QED) is 0.669. The normalized spacial score (nSPS) is 10.4. The topological polar surface area (TPSA) is 64.3 Å². The zero-order valence-corrected chi connectivity index (χ0v) is 10.2. The molecule has 0 aliphatic carbocycles. The fourth-order valence-corrected chi connectivity index (χ4v) is 1.51. The maximum absolute atomic E-state index is 11.2. The van der Waals surface area contributed by atoms with Gasteiger partial charge in [-0.15, -0.1) is 0 Å². The number of ether oxygens (including phenoxy) is 1.